The quantitative estimate of drug-likeness (QED) is 0.838. The molecule has 0 saturated heterocycles. The van der Waals surface area contributed by atoms with Crippen LogP contribution in [0.2, 0.25) is 0 Å². The standard InChI is InChI=1S/C11H18ClN3O2S/c1-2-15-7-11(13-8-15)18(16,17)14-10-5-3-4-9(10)6-12/h7-10,14H,2-6H2,1H3. The van der Waals surface area contributed by atoms with Crippen LogP contribution in [0.4, 0.5) is 0 Å². The van der Waals surface area contributed by atoms with Crippen molar-refractivity contribution in [2.24, 2.45) is 5.92 Å². The summed E-state index contributed by atoms with van der Waals surface area (Å²) in [4.78, 5) is 3.93. The van der Waals surface area contributed by atoms with E-state index >= 15 is 0 Å². The minimum Gasteiger partial charge on any atom is -0.336 e. The van der Waals surface area contributed by atoms with Gasteiger partial charge in [0.05, 0.1) is 6.33 Å². The lowest BCUT2D eigenvalue weighted by molar-refractivity contribution is 0.479. The van der Waals surface area contributed by atoms with E-state index in [0.29, 0.717) is 12.4 Å². The smallest absolute Gasteiger partial charge is 0.259 e. The summed E-state index contributed by atoms with van der Waals surface area (Å²) >= 11 is 5.85. The second kappa shape index (κ2) is 5.59. The third-order valence-electron chi connectivity index (χ3n) is 3.41. The van der Waals surface area contributed by atoms with E-state index in [9.17, 15) is 8.42 Å². The first-order chi connectivity index (χ1) is 8.56. The molecule has 7 heteroatoms. The molecule has 1 aromatic rings. The molecule has 1 aromatic heterocycles. The van der Waals surface area contributed by atoms with E-state index in [1.807, 2.05) is 6.92 Å². The molecule has 0 aliphatic heterocycles. The van der Waals surface area contributed by atoms with Gasteiger partial charge in [-0.25, -0.2) is 18.1 Å². The summed E-state index contributed by atoms with van der Waals surface area (Å²) in [5.41, 5.74) is 0. The monoisotopic (exact) mass is 291 g/mol. The molecule has 102 valence electrons. The van der Waals surface area contributed by atoms with Crippen LogP contribution in [-0.4, -0.2) is 29.9 Å². The fourth-order valence-electron chi connectivity index (χ4n) is 2.29. The highest BCUT2D eigenvalue weighted by atomic mass is 35.5. The van der Waals surface area contributed by atoms with Crippen molar-refractivity contribution in [2.45, 2.75) is 43.8 Å². The maximum absolute atomic E-state index is 12.1. The number of alkyl halides is 1. The molecular formula is C11H18ClN3O2S. The van der Waals surface area contributed by atoms with Gasteiger partial charge in [-0.1, -0.05) is 6.42 Å². The van der Waals surface area contributed by atoms with Crippen LogP contribution >= 0.6 is 11.6 Å². The molecule has 1 aliphatic carbocycles. The molecule has 2 rings (SSSR count). The third-order valence-corrected chi connectivity index (χ3v) is 5.18. The summed E-state index contributed by atoms with van der Waals surface area (Å²) < 4.78 is 28.8. The second-order valence-corrected chi connectivity index (χ2v) is 6.58. The van der Waals surface area contributed by atoms with Crippen molar-refractivity contribution in [1.29, 1.82) is 0 Å². The predicted octanol–water partition coefficient (Wildman–Crippen LogP) is 1.59. The first-order valence-electron chi connectivity index (χ1n) is 6.17. The molecule has 1 N–H and O–H groups in total. The van der Waals surface area contributed by atoms with Gasteiger partial charge in [0.1, 0.15) is 0 Å². The summed E-state index contributed by atoms with van der Waals surface area (Å²) in [6, 6.07) is -0.0562. The van der Waals surface area contributed by atoms with Gasteiger partial charge in [-0.05, 0) is 25.7 Å². The SMILES string of the molecule is CCn1cnc(S(=O)(=O)NC2CCCC2CCl)c1. The predicted molar refractivity (Wildman–Crippen MR) is 70.1 cm³/mol. The number of aryl methyl sites for hydroxylation is 1. The lowest BCUT2D eigenvalue weighted by atomic mass is 10.1. The van der Waals surface area contributed by atoms with Crippen molar-refractivity contribution in [3.05, 3.63) is 12.5 Å². The van der Waals surface area contributed by atoms with Gasteiger partial charge < -0.3 is 4.57 Å². The maximum Gasteiger partial charge on any atom is 0.259 e. The van der Waals surface area contributed by atoms with Crippen LogP contribution in [0, 0.1) is 5.92 Å². The molecule has 5 nitrogen and oxygen atoms in total. The molecule has 1 aliphatic rings. The van der Waals surface area contributed by atoms with Gasteiger partial charge >= 0.3 is 0 Å². The van der Waals surface area contributed by atoms with Crippen molar-refractivity contribution < 1.29 is 8.42 Å². The van der Waals surface area contributed by atoms with Gasteiger partial charge in [0, 0.05) is 24.7 Å². The number of imidazole rings is 1. The van der Waals surface area contributed by atoms with Gasteiger partial charge in [0.15, 0.2) is 5.03 Å². The summed E-state index contributed by atoms with van der Waals surface area (Å²) in [5.74, 6) is 0.728. The van der Waals surface area contributed by atoms with E-state index in [1.54, 1.807) is 10.8 Å². The summed E-state index contributed by atoms with van der Waals surface area (Å²) in [6.45, 7) is 2.64. The zero-order chi connectivity index (χ0) is 13.2. The molecule has 2 unspecified atom stereocenters. The van der Waals surface area contributed by atoms with Crippen LogP contribution in [0.25, 0.3) is 0 Å². The number of rotatable bonds is 5. The second-order valence-electron chi connectivity index (χ2n) is 4.62. The van der Waals surface area contributed by atoms with E-state index in [4.69, 9.17) is 11.6 Å². The lowest BCUT2D eigenvalue weighted by Crippen LogP contribution is -2.38. The average Bonchev–Trinajstić information content (AvgIpc) is 2.96. The van der Waals surface area contributed by atoms with Gasteiger partial charge in [0.25, 0.3) is 10.0 Å². The van der Waals surface area contributed by atoms with E-state index in [2.05, 4.69) is 9.71 Å². The number of nitrogens with zero attached hydrogens (tertiary/aromatic N) is 2. The highest BCUT2D eigenvalue weighted by Crippen LogP contribution is 2.27. The Labute approximate surface area is 113 Å². The molecule has 1 saturated carbocycles. The lowest BCUT2D eigenvalue weighted by Gasteiger charge is -2.17. The molecule has 2 atom stereocenters. The Kier molecular flexibility index (Phi) is 4.29. The van der Waals surface area contributed by atoms with Crippen molar-refractivity contribution in [3.63, 3.8) is 0 Å². The molecule has 0 aromatic carbocycles. The molecule has 1 heterocycles. The number of aromatic nitrogens is 2. The van der Waals surface area contributed by atoms with Crippen molar-refractivity contribution >= 4 is 21.6 Å². The van der Waals surface area contributed by atoms with Crippen LogP contribution < -0.4 is 4.72 Å². The fourth-order valence-corrected chi connectivity index (χ4v) is 3.95. The van der Waals surface area contributed by atoms with E-state index in [-0.39, 0.29) is 17.0 Å². The van der Waals surface area contributed by atoms with Gasteiger partial charge in [-0.15, -0.1) is 11.6 Å². The van der Waals surface area contributed by atoms with Crippen molar-refractivity contribution in [3.8, 4) is 0 Å². The fraction of sp³-hybridized carbons (Fsp3) is 0.727. The first-order valence-corrected chi connectivity index (χ1v) is 8.18. The minimum absolute atomic E-state index is 0.0562. The maximum atomic E-state index is 12.1. The largest absolute Gasteiger partial charge is 0.336 e. The minimum atomic E-state index is -3.52. The molecule has 18 heavy (non-hydrogen) atoms. The molecule has 0 spiro atoms. The van der Waals surface area contributed by atoms with Crippen LogP contribution in [0.5, 0.6) is 0 Å². The topological polar surface area (TPSA) is 64.0 Å². The van der Waals surface area contributed by atoms with Crippen LogP contribution in [0.1, 0.15) is 26.2 Å². The van der Waals surface area contributed by atoms with Crippen molar-refractivity contribution in [1.82, 2.24) is 14.3 Å². The highest BCUT2D eigenvalue weighted by Gasteiger charge is 2.31. The Bertz CT molecular complexity index is 500. The average molecular weight is 292 g/mol. The Morgan fingerprint density at radius 3 is 2.94 bits per heavy atom. The Morgan fingerprint density at radius 1 is 1.56 bits per heavy atom. The van der Waals surface area contributed by atoms with Gasteiger partial charge in [0.2, 0.25) is 0 Å². The third kappa shape index (κ3) is 2.87. The highest BCUT2D eigenvalue weighted by molar-refractivity contribution is 7.89. The van der Waals surface area contributed by atoms with Crippen molar-refractivity contribution in [2.75, 3.05) is 5.88 Å². The van der Waals surface area contributed by atoms with Gasteiger partial charge in [-0.3, -0.25) is 0 Å². The normalized spacial score (nSPS) is 24.6. The number of hydrogen-bond acceptors (Lipinski definition) is 3. The van der Waals surface area contributed by atoms with Crippen LogP contribution in [-0.2, 0) is 16.6 Å². The number of halogens is 1. The molecular weight excluding hydrogens is 274 g/mol. The molecule has 0 radical (unpaired) electrons. The Morgan fingerprint density at radius 2 is 2.33 bits per heavy atom. The summed E-state index contributed by atoms with van der Waals surface area (Å²) in [5, 5.41) is 0.0876. The van der Waals surface area contributed by atoms with Crippen LogP contribution in [0.3, 0.4) is 0 Å². The van der Waals surface area contributed by atoms with Gasteiger partial charge in [-0.2, -0.15) is 0 Å². The zero-order valence-electron chi connectivity index (χ0n) is 10.3. The summed E-state index contributed by atoms with van der Waals surface area (Å²) in [7, 11) is -3.52. The van der Waals surface area contributed by atoms with E-state index in [1.165, 1.54) is 6.33 Å². The van der Waals surface area contributed by atoms with E-state index in [0.717, 1.165) is 19.3 Å². The summed E-state index contributed by atoms with van der Waals surface area (Å²) in [6.07, 6.45) is 5.94. The number of nitrogens with one attached hydrogen (secondary N) is 1. The molecule has 0 bridgehead atoms. The molecule has 0 amide bonds. The number of sulfonamides is 1. The van der Waals surface area contributed by atoms with E-state index < -0.39 is 10.0 Å². The Hall–Kier alpha value is -0.590. The Balaban J connectivity index is 2.11. The number of hydrogen-bond donors (Lipinski definition) is 1. The van der Waals surface area contributed by atoms with Crippen LogP contribution in [0.15, 0.2) is 17.6 Å². The first kappa shape index (κ1) is 13.8. The molecule has 1 fully saturated rings. The zero-order valence-corrected chi connectivity index (χ0v) is 11.9.